The van der Waals surface area contributed by atoms with Crippen LogP contribution in [0.4, 0.5) is 0 Å². The summed E-state index contributed by atoms with van der Waals surface area (Å²) in [5.74, 6) is -0.336. The highest BCUT2D eigenvalue weighted by atomic mass is 16.7. The van der Waals surface area contributed by atoms with Crippen LogP contribution in [0.25, 0.3) is 0 Å². The molecule has 0 aliphatic carbocycles. The number of hydrogen-bond acceptors (Lipinski definition) is 4. The Bertz CT molecular complexity index is 538. The van der Waals surface area contributed by atoms with Gasteiger partial charge in [-0.15, -0.1) is 0 Å². The van der Waals surface area contributed by atoms with Crippen LogP contribution in [-0.4, -0.2) is 16.7 Å². The van der Waals surface area contributed by atoms with Gasteiger partial charge in [0, 0.05) is 18.2 Å². The lowest BCUT2D eigenvalue weighted by molar-refractivity contribution is -0.143. The lowest BCUT2D eigenvalue weighted by atomic mass is 10.1. The first-order chi connectivity index (χ1) is 9.81. The van der Waals surface area contributed by atoms with Crippen molar-refractivity contribution in [1.82, 2.24) is 4.98 Å². The lowest BCUT2D eigenvalue weighted by Crippen LogP contribution is -2.08. The van der Waals surface area contributed by atoms with Crippen LogP contribution < -0.4 is 0 Å². The van der Waals surface area contributed by atoms with E-state index in [9.17, 15) is 4.79 Å². The van der Waals surface area contributed by atoms with Crippen LogP contribution in [0.5, 0.6) is 0 Å². The first kappa shape index (κ1) is 13.9. The predicted octanol–water partition coefficient (Wildman–Crippen LogP) is 3.18. The zero-order chi connectivity index (χ0) is 14.2. The molecule has 0 amide bonds. The molecule has 0 fully saturated rings. The molecule has 20 heavy (non-hydrogen) atoms. The molecule has 1 aromatic heterocycles. The van der Waals surface area contributed by atoms with E-state index in [4.69, 9.17) is 4.84 Å². The van der Waals surface area contributed by atoms with Crippen LogP contribution in [0.3, 0.4) is 0 Å². The largest absolute Gasteiger partial charge is 0.335 e. The number of benzene rings is 1. The Morgan fingerprint density at radius 2 is 1.90 bits per heavy atom. The van der Waals surface area contributed by atoms with Gasteiger partial charge in [0.15, 0.2) is 0 Å². The van der Waals surface area contributed by atoms with Crippen molar-refractivity contribution in [2.24, 2.45) is 5.16 Å². The Kier molecular flexibility index (Phi) is 5.00. The van der Waals surface area contributed by atoms with Crippen molar-refractivity contribution >= 4 is 11.7 Å². The number of pyridine rings is 1. The van der Waals surface area contributed by atoms with Crippen LogP contribution in [0.2, 0.25) is 0 Å². The van der Waals surface area contributed by atoms with Gasteiger partial charge >= 0.3 is 5.97 Å². The molecule has 0 aliphatic rings. The predicted molar refractivity (Wildman–Crippen MR) is 77.3 cm³/mol. The van der Waals surface area contributed by atoms with Crippen molar-refractivity contribution in [1.29, 1.82) is 0 Å². The highest BCUT2D eigenvalue weighted by Crippen LogP contribution is 2.09. The second-order valence-electron chi connectivity index (χ2n) is 4.23. The van der Waals surface area contributed by atoms with Crippen LogP contribution in [-0.2, 0) is 9.63 Å². The van der Waals surface area contributed by atoms with Crippen molar-refractivity contribution in [3.63, 3.8) is 0 Å². The molecule has 0 aliphatic heterocycles. The third-order valence-corrected chi connectivity index (χ3v) is 2.65. The van der Waals surface area contributed by atoms with E-state index in [-0.39, 0.29) is 5.97 Å². The molecule has 1 heterocycles. The maximum atomic E-state index is 11.5. The quantitative estimate of drug-likeness (QED) is 0.475. The molecule has 2 aromatic rings. The maximum Gasteiger partial charge on any atom is 0.335 e. The summed E-state index contributed by atoms with van der Waals surface area (Å²) in [5, 5.41) is 3.99. The first-order valence-corrected chi connectivity index (χ1v) is 6.56. The second-order valence-corrected chi connectivity index (χ2v) is 4.23. The van der Waals surface area contributed by atoms with Crippen LogP contribution >= 0.6 is 0 Å². The summed E-state index contributed by atoms with van der Waals surface area (Å²) in [6, 6.07) is 15.1. The minimum absolute atomic E-state index is 0.336. The highest BCUT2D eigenvalue weighted by molar-refractivity contribution is 6.11. The average Bonchev–Trinajstić information content (AvgIpc) is 2.50. The third kappa shape index (κ3) is 3.75. The molecular weight excluding hydrogens is 252 g/mol. The summed E-state index contributed by atoms with van der Waals surface area (Å²) in [4.78, 5) is 20.7. The molecule has 1 aromatic carbocycles. The molecule has 0 saturated heterocycles. The molecule has 4 heteroatoms. The summed E-state index contributed by atoms with van der Waals surface area (Å²) < 4.78 is 0. The zero-order valence-electron chi connectivity index (χ0n) is 11.3. The van der Waals surface area contributed by atoms with E-state index in [1.54, 1.807) is 6.20 Å². The van der Waals surface area contributed by atoms with Crippen molar-refractivity contribution in [3.05, 3.63) is 66.0 Å². The fraction of sp³-hybridized carbons (Fsp3) is 0.188. The van der Waals surface area contributed by atoms with E-state index in [0.717, 1.165) is 12.0 Å². The number of carbonyl (C=O) groups is 1. The van der Waals surface area contributed by atoms with E-state index >= 15 is 0 Å². The fourth-order valence-corrected chi connectivity index (χ4v) is 1.69. The Morgan fingerprint density at radius 3 is 2.55 bits per heavy atom. The molecular formula is C16H16N2O2. The molecule has 0 unspecified atom stereocenters. The van der Waals surface area contributed by atoms with E-state index in [2.05, 4.69) is 10.1 Å². The van der Waals surface area contributed by atoms with Crippen LogP contribution in [0.1, 0.15) is 31.0 Å². The zero-order valence-corrected chi connectivity index (χ0v) is 11.3. The molecule has 0 spiro atoms. The van der Waals surface area contributed by atoms with E-state index in [1.165, 1.54) is 0 Å². The van der Waals surface area contributed by atoms with Gasteiger partial charge in [-0.05, 0) is 18.6 Å². The molecule has 0 bridgehead atoms. The molecule has 0 N–H and O–H groups in total. The van der Waals surface area contributed by atoms with Gasteiger partial charge in [0.25, 0.3) is 0 Å². The van der Waals surface area contributed by atoms with Gasteiger partial charge in [-0.1, -0.05) is 48.5 Å². The van der Waals surface area contributed by atoms with Gasteiger partial charge in [0.05, 0.1) is 5.69 Å². The second kappa shape index (κ2) is 7.19. The summed E-state index contributed by atoms with van der Waals surface area (Å²) in [7, 11) is 0. The van der Waals surface area contributed by atoms with Gasteiger partial charge in [-0.3, -0.25) is 4.98 Å². The molecule has 2 rings (SSSR count). The van der Waals surface area contributed by atoms with E-state index in [1.807, 2.05) is 55.5 Å². The Labute approximate surface area is 118 Å². The molecule has 0 saturated carbocycles. The molecule has 4 nitrogen and oxygen atoms in total. The smallest absolute Gasteiger partial charge is 0.318 e. The number of hydrogen-bond donors (Lipinski definition) is 0. The fourth-order valence-electron chi connectivity index (χ4n) is 1.69. The topological polar surface area (TPSA) is 51.5 Å². The van der Waals surface area contributed by atoms with Crippen molar-refractivity contribution in [3.8, 4) is 0 Å². The average molecular weight is 268 g/mol. The van der Waals surface area contributed by atoms with Gasteiger partial charge < -0.3 is 4.84 Å². The molecule has 0 atom stereocenters. The number of carbonyl (C=O) groups excluding carboxylic acids is 1. The number of nitrogens with zero attached hydrogens (tertiary/aromatic N) is 2. The number of aromatic nitrogens is 1. The van der Waals surface area contributed by atoms with Crippen LogP contribution in [0, 0.1) is 0 Å². The molecule has 102 valence electrons. The SMILES string of the molecule is CCCC(=O)O/N=C(\c1ccccc1)c1ccccn1. The van der Waals surface area contributed by atoms with Crippen molar-refractivity contribution < 1.29 is 9.63 Å². The van der Waals surface area contributed by atoms with Gasteiger partial charge in [0.1, 0.15) is 5.71 Å². The normalized spacial score (nSPS) is 11.2. The van der Waals surface area contributed by atoms with Gasteiger partial charge in [0.2, 0.25) is 0 Å². The lowest BCUT2D eigenvalue weighted by Gasteiger charge is -2.05. The summed E-state index contributed by atoms with van der Waals surface area (Å²) >= 11 is 0. The number of rotatable bonds is 5. The maximum absolute atomic E-state index is 11.5. The summed E-state index contributed by atoms with van der Waals surface area (Å²) in [6.45, 7) is 1.92. The highest BCUT2D eigenvalue weighted by Gasteiger charge is 2.10. The Balaban J connectivity index is 2.30. The van der Waals surface area contributed by atoms with Crippen molar-refractivity contribution in [2.75, 3.05) is 0 Å². The Morgan fingerprint density at radius 1 is 1.15 bits per heavy atom. The van der Waals surface area contributed by atoms with Gasteiger partial charge in [-0.2, -0.15) is 0 Å². The standard InChI is InChI=1S/C16H16N2O2/c1-2-8-15(19)20-18-16(13-9-4-3-5-10-13)14-11-6-7-12-17-14/h3-7,9-12H,2,8H2,1H3/b18-16+. The minimum Gasteiger partial charge on any atom is -0.318 e. The number of oxime groups is 1. The summed E-state index contributed by atoms with van der Waals surface area (Å²) in [6.07, 6.45) is 2.77. The van der Waals surface area contributed by atoms with Crippen LogP contribution in [0.15, 0.2) is 59.9 Å². The van der Waals surface area contributed by atoms with E-state index in [0.29, 0.717) is 17.8 Å². The van der Waals surface area contributed by atoms with E-state index < -0.39 is 0 Å². The molecule has 0 radical (unpaired) electrons. The van der Waals surface area contributed by atoms with Crippen molar-refractivity contribution in [2.45, 2.75) is 19.8 Å². The first-order valence-electron chi connectivity index (χ1n) is 6.56. The van der Waals surface area contributed by atoms with Gasteiger partial charge in [-0.25, -0.2) is 4.79 Å². The minimum atomic E-state index is -0.336. The Hall–Kier alpha value is -2.49. The third-order valence-electron chi connectivity index (χ3n) is 2.65. The monoisotopic (exact) mass is 268 g/mol. The summed E-state index contributed by atoms with van der Waals surface area (Å²) in [5.41, 5.74) is 2.08.